The first-order valence-corrected chi connectivity index (χ1v) is 8.93. The highest BCUT2D eigenvalue weighted by atomic mass is 35.5. The van der Waals surface area contributed by atoms with Crippen molar-refractivity contribution in [1.82, 2.24) is 18.7 Å². The average Bonchev–Trinajstić information content (AvgIpc) is 3.05. The van der Waals surface area contributed by atoms with E-state index in [1.165, 1.54) is 11.6 Å². The predicted molar refractivity (Wildman–Crippen MR) is 106 cm³/mol. The van der Waals surface area contributed by atoms with Crippen LogP contribution in [-0.2, 0) is 20.6 Å². The number of rotatable bonds is 2. The molecule has 4 rings (SSSR count). The normalized spacial score (nSPS) is 16.6. The number of hydrogen-bond donors (Lipinski definition) is 0. The van der Waals surface area contributed by atoms with Crippen LogP contribution in [0.1, 0.15) is 25.5 Å². The van der Waals surface area contributed by atoms with Gasteiger partial charge in [-0.1, -0.05) is 29.8 Å². The summed E-state index contributed by atoms with van der Waals surface area (Å²) in [5.74, 6) is 0.515. The summed E-state index contributed by atoms with van der Waals surface area (Å²) < 4.78 is 4.33. The minimum absolute atomic E-state index is 0.155. The lowest BCUT2D eigenvalue weighted by Gasteiger charge is -2.29. The van der Waals surface area contributed by atoms with E-state index in [-0.39, 0.29) is 11.6 Å². The molecule has 0 saturated carbocycles. The van der Waals surface area contributed by atoms with Crippen molar-refractivity contribution < 1.29 is 0 Å². The number of halogens is 1. The zero-order valence-electron chi connectivity index (χ0n) is 15.5. The number of hydrazone groups is 1. The van der Waals surface area contributed by atoms with Crippen molar-refractivity contribution in [3.05, 3.63) is 55.7 Å². The molecule has 0 N–H and O–H groups in total. The van der Waals surface area contributed by atoms with Crippen molar-refractivity contribution in [3.63, 3.8) is 0 Å². The molecular formula is C18H19ClN6O2. The minimum atomic E-state index is -0.411. The van der Waals surface area contributed by atoms with Gasteiger partial charge in [-0.15, -0.1) is 0 Å². The number of hydrogen-bond acceptors (Lipinski definition) is 5. The van der Waals surface area contributed by atoms with Crippen LogP contribution in [0.4, 0.5) is 5.95 Å². The van der Waals surface area contributed by atoms with Crippen LogP contribution < -0.4 is 16.3 Å². The van der Waals surface area contributed by atoms with E-state index in [0.717, 1.165) is 15.8 Å². The Morgan fingerprint density at radius 3 is 2.56 bits per heavy atom. The Morgan fingerprint density at radius 2 is 1.85 bits per heavy atom. The van der Waals surface area contributed by atoms with Gasteiger partial charge >= 0.3 is 5.69 Å². The second kappa shape index (κ2) is 6.09. The standard InChI is InChI=1S/C18H19ClN6O2/c1-10-11(2)25-14-15(22(3)18(27)23(4)16(14)26)20-17(25)24(21-10)9-12-7-5-6-8-13(12)19/h5-8,11H,9H2,1-4H3/t11-/m1/s1. The molecule has 3 heterocycles. The Bertz CT molecular complexity index is 1220. The van der Waals surface area contributed by atoms with Crippen LogP contribution >= 0.6 is 11.6 Å². The molecule has 2 aromatic heterocycles. The van der Waals surface area contributed by atoms with Crippen molar-refractivity contribution in [2.24, 2.45) is 19.2 Å². The molecule has 1 atom stereocenters. The molecule has 3 aromatic rings. The summed E-state index contributed by atoms with van der Waals surface area (Å²) in [5, 5.41) is 7.01. The number of benzene rings is 1. The van der Waals surface area contributed by atoms with Gasteiger partial charge in [-0.25, -0.2) is 9.80 Å². The molecule has 0 saturated heterocycles. The summed E-state index contributed by atoms with van der Waals surface area (Å²) in [6.07, 6.45) is 0. The van der Waals surface area contributed by atoms with Crippen LogP contribution in [0, 0.1) is 0 Å². The molecule has 27 heavy (non-hydrogen) atoms. The molecule has 0 bridgehead atoms. The Balaban J connectivity index is 1.98. The Hall–Kier alpha value is -2.87. The second-order valence-electron chi connectivity index (χ2n) is 6.73. The van der Waals surface area contributed by atoms with Crippen LogP contribution in [0.3, 0.4) is 0 Å². The van der Waals surface area contributed by atoms with E-state index in [4.69, 9.17) is 11.6 Å². The lowest BCUT2D eigenvalue weighted by Crippen LogP contribution is -2.38. The highest BCUT2D eigenvalue weighted by molar-refractivity contribution is 6.31. The first-order chi connectivity index (χ1) is 12.8. The van der Waals surface area contributed by atoms with Crippen molar-refractivity contribution in [1.29, 1.82) is 0 Å². The van der Waals surface area contributed by atoms with Crippen molar-refractivity contribution >= 4 is 34.4 Å². The summed E-state index contributed by atoms with van der Waals surface area (Å²) in [6, 6.07) is 7.37. The van der Waals surface area contributed by atoms with Gasteiger partial charge in [-0.2, -0.15) is 10.1 Å². The van der Waals surface area contributed by atoms with Gasteiger partial charge in [0.25, 0.3) is 5.56 Å². The number of anilines is 1. The first kappa shape index (κ1) is 17.5. The van der Waals surface area contributed by atoms with Gasteiger partial charge in [-0.05, 0) is 25.5 Å². The van der Waals surface area contributed by atoms with Crippen LogP contribution in [0.25, 0.3) is 11.2 Å². The van der Waals surface area contributed by atoms with Gasteiger partial charge in [0, 0.05) is 19.1 Å². The molecule has 0 radical (unpaired) electrons. The minimum Gasteiger partial charge on any atom is -0.294 e. The zero-order chi connectivity index (χ0) is 19.5. The third kappa shape index (κ3) is 2.51. The molecule has 0 aliphatic carbocycles. The summed E-state index contributed by atoms with van der Waals surface area (Å²) in [4.78, 5) is 29.7. The maximum absolute atomic E-state index is 12.8. The van der Waals surface area contributed by atoms with E-state index < -0.39 is 5.69 Å². The Kier molecular flexibility index (Phi) is 3.96. The summed E-state index contributed by atoms with van der Waals surface area (Å²) in [6.45, 7) is 4.27. The fourth-order valence-corrected chi connectivity index (χ4v) is 3.55. The van der Waals surface area contributed by atoms with Gasteiger partial charge in [0.1, 0.15) is 0 Å². The van der Waals surface area contributed by atoms with Crippen LogP contribution in [-0.4, -0.2) is 24.4 Å². The van der Waals surface area contributed by atoms with Crippen LogP contribution in [0.2, 0.25) is 5.02 Å². The second-order valence-corrected chi connectivity index (χ2v) is 7.13. The molecule has 9 heteroatoms. The quantitative estimate of drug-likeness (QED) is 0.675. The predicted octanol–water partition coefficient (Wildman–Crippen LogP) is 2.04. The number of nitrogens with zero attached hydrogens (tertiary/aromatic N) is 6. The number of fused-ring (bicyclic) bond motifs is 3. The Morgan fingerprint density at radius 1 is 1.15 bits per heavy atom. The van der Waals surface area contributed by atoms with Gasteiger partial charge in [0.05, 0.1) is 18.3 Å². The molecule has 0 unspecified atom stereocenters. The summed E-state index contributed by atoms with van der Waals surface area (Å²) >= 11 is 6.31. The average molecular weight is 387 g/mol. The molecule has 1 aliphatic rings. The molecule has 0 fully saturated rings. The molecule has 140 valence electrons. The Labute approximate surface area is 159 Å². The van der Waals surface area contributed by atoms with Gasteiger partial charge in [0.15, 0.2) is 11.2 Å². The van der Waals surface area contributed by atoms with E-state index in [1.807, 2.05) is 42.7 Å². The third-order valence-corrected chi connectivity index (χ3v) is 5.42. The first-order valence-electron chi connectivity index (χ1n) is 8.55. The van der Waals surface area contributed by atoms with Crippen molar-refractivity contribution in [3.8, 4) is 0 Å². The maximum atomic E-state index is 12.8. The van der Waals surface area contributed by atoms with E-state index in [1.54, 1.807) is 12.1 Å². The number of aryl methyl sites for hydroxylation is 1. The molecule has 1 aromatic carbocycles. The highest BCUT2D eigenvalue weighted by Crippen LogP contribution is 2.31. The van der Waals surface area contributed by atoms with Gasteiger partial charge in [-0.3, -0.25) is 18.5 Å². The molecule has 1 aliphatic heterocycles. The number of aromatic nitrogens is 4. The molecule has 0 spiro atoms. The van der Waals surface area contributed by atoms with Gasteiger partial charge in [0.2, 0.25) is 5.95 Å². The van der Waals surface area contributed by atoms with Crippen LogP contribution in [0.5, 0.6) is 0 Å². The smallest absolute Gasteiger partial charge is 0.294 e. The lowest BCUT2D eigenvalue weighted by atomic mass is 10.2. The van der Waals surface area contributed by atoms with Gasteiger partial charge < -0.3 is 0 Å². The fourth-order valence-electron chi connectivity index (χ4n) is 3.35. The van der Waals surface area contributed by atoms with E-state index in [2.05, 4.69) is 10.1 Å². The lowest BCUT2D eigenvalue weighted by molar-refractivity contribution is 0.634. The summed E-state index contributed by atoms with van der Waals surface area (Å²) in [7, 11) is 3.08. The number of imidazole rings is 1. The SMILES string of the molecule is CC1=NN(Cc2ccccc2Cl)c2nc3c(c(=O)n(C)c(=O)n3C)n2[C@@H]1C. The van der Waals surface area contributed by atoms with Crippen molar-refractivity contribution in [2.45, 2.75) is 26.4 Å². The topological polar surface area (TPSA) is 77.4 Å². The summed E-state index contributed by atoms with van der Waals surface area (Å²) in [5.41, 5.74) is 1.69. The fraction of sp³-hybridized carbons (Fsp3) is 0.333. The maximum Gasteiger partial charge on any atom is 0.332 e. The van der Waals surface area contributed by atoms with E-state index in [9.17, 15) is 9.59 Å². The molecular weight excluding hydrogens is 368 g/mol. The molecule has 0 amide bonds. The zero-order valence-corrected chi connectivity index (χ0v) is 16.2. The molecule has 8 nitrogen and oxygen atoms in total. The monoisotopic (exact) mass is 386 g/mol. The van der Waals surface area contributed by atoms with E-state index >= 15 is 0 Å². The van der Waals surface area contributed by atoms with Crippen molar-refractivity contribution in [2.75, 3.05) is 5.01 Å². The highest BCUT2D eigenvalue weighted by Gasteiger charge is 2.30. The van der Waals surface area contributed by atoms with E-state index in [0.29, 0.717) is 28.7 Å². The largest absolute Gasteiger partial charge is 0.332 e. The van der Waals surface area contributed by atoms with Crippen LogP contribution in [0.15, 0.2) is 39.0 Å². The third-order valence-electron chi connectivity index (χ3n) is 5.05.